The van der Waals surface area contributed by atoms with Crippen LogP contribution in [0.5, 0.6) is 0 Å². The fourth-order valence-corrected chi connectivity index (χ4v) is 1.83. The van der Waals surface area contributed by atoms with Crippen LogP contribution in [0.25, 0.3) is 0 Å². The van der Waals surface area contributed by atoms with E-state index in [0.717, 1.165) is 4.90 Å². The number of primary amides is 1. The van der Waals surface area contributed by atoms with Crippen LogP contribution < -0.4 is 5.73 Å². The minimum atomic E-state index is -4.98. The van der Waals surface area contributed by atoms with Gasteiger partial charge in [0.15, 0.2) is 0 Å². The maximum atomic E-state index is 12.5. The molecular formula is C10H12F3N3O2. The van der Waals surface area contributed by atoms with Gasteiger partial charge < -0.3 is 10.6 Å². The molecule has 1 saturated heterocycles. The van der Waals surface area contributed by atoms with Crippen molar-refractivity contribution in [1.82, 2.24) is 4.90 Å². The van der Waals surface area contributed by atoms with Crippen molar-refractivity contribution in [3.63, 3.8) is 0 Å². The first-order chi connectivity index (χ1) is 8.27. The van der Waals surface area contributed by atoms with Crippen LogP contribution in [0, 0.1) is 23.2 Å². The number of halogens is 3. The van der Waals surface area contributed by atoms with Gasteiger partial charge in [-0.05, 0) is 12.8 Å². The summed E-state index contributed by atoms with van der Waals surface area (Å²) in [5.74, 6) is -6.08. The van der Waals surface area contributed by atoms with Gasteiger partial charge in [0, 0.05) is 19.0 Å². The molecule has 18 heavy (non-hydrogen) atoms. The van der Waals surface area contributed by atoms with Crippen LogP contribution in [-0.4, -0.2) is 36.0 Å². The molecule has 100 valence electrons. The van der Waals surface area contributed by atoms with Crippen molar-refractivity contribution in [2.45, 2.75) is 19.0 Å². The molecule has 5 nitrogen and oxygen atoms in total. The second kappa shape index (κ2) is 5.25. The number of hydrogen-bond acceptors (Lipinski definition) is 3. The van der Waals surface area contributed by atoms with E-state index in [4.69, 9.17) is 5.26 Å². The molecule has 2 N–H and O–H groups in total. The SMILES string of the molecule is N#CC1CCN(C(=O)[C@H](C(N)=O)C(F)(F)F)CC1. The van der Waals surface area contributed by atoms with Gasteiger partial charge in [0.2, 0.25) is 17.7 Å². The van der Waals surface area contributed by atoms with Crippen molar-refractivity contribution in [1.29, 1.82) is 5.26 Å². The van der Waals surface area contributed by atoms with Crippen molar-refractivity contribution in [3.8, 4) is 6.07 Å². The molecule has 1 atom stereocenters. The zero-order valence-corrected chi connectivity index (χ0v) is 9.41. The van der Waals surface area contributed by atoms with Crippen molar-refractivity contribution in [3.05, 3.63) is 0 Å². The van der Waals surface area contributed by atoms with E-state index in [0.29, 0.717) is 12.8 Å². The highest BCUT2D eigenvalue weighted by molar-refractivity contribution is 6.00. The molecule has 1 heterocycles. The molecule has 1 rings (SSSR count). The molecule has 0 aliphatic carbocycles. The standard InChI is InChI=1S/C10H12F3N3O2/c11-10(12,13)7(8(15)17)9(18)16-3-1-6(5-14)2-4-16/h6-7H,1-4H2,(H2,15,17)/t7-/m0/s1. The summed E-state index contributed by atoms with van der Waals surface area (Å²) in [6, 6.07) is 1.99. The summed E-state index contributed by atoms with van der Waals surface area (Å²) in [6.45, 7) is 0.0772. The number of carbonyl (C=O) groups is 2. The van der Waals surface area contributed by atoms with Crippen LogP contribution in [0.1, 0.15) is 12.8 Å². The van der Waals surface area contributed by atoms with E-state index < -0.39 is 23.9 Å². The van der Waals surface area contributed by atoms with E-state index in [9.17, 15) is 22.8 Å². The maximum absolute atomic E-state index is 12.5. The van der Waals surface area contributed by atoms with Crippen LogP contribution in [-0.2, 0) is 9.59 Å². The second-order valence-corrected chi connectivity index (χ2v) is 4.11. The molecule has 0 saturated carbocycles. The molecule has 0 aromatic carbocycles. The van der Waals surface area contributed by atoms with Gasteiger partial charge in [0.05, 0.1) is 6.07 Å². The first-order valence-electron chi connectivity index (χ1n) is 5.31. The number of nitrogens with zero attached hydrogens (tertiary/aromatic N) is 2. The number of alkyl halides is 3. The lowest BCUT2D eigenvalue weighted by Crippen LogP contribution is -2.50. The molecule has 8 heteroatoms. The van der Waals surface area contributed by atoms with Crippen molar-refractivity contribution in [2.75, 3.05) is 13.1 Å². The molecule has 2 amide bonds. The number of piperidine rings is 1. The van der Waals surface area contributed by atoms with E-state index in [-0.39, 0.29) is 19.0 Å². The Kier molecular flexibility index (Phi) is 4.16. The minimum absolute atomic E-state index is 0.0386. The average molecular weight is 263 g/mol. The third-order valence-electron chi connectivity index (χ3n) is 2.85. The van der Waals surface area contributed by atoms with E-state index in [1.807, 2.05) is 6.07 Å². The molecule has 0 bridgehead atoms. The van der Waals surface area contributed by atoms with Crippen LogP contribution in [0.4, 0.5) is 13.2 Å². The fourth-order valence-electron chi connectivity index (χ4n) is 1.83. The third-order valence-corrected chi connectivity index (χ3v) is 2.85. The third kappa shape index (κ3) is 3.12. The van der Waals surface area contributed by atoms with Gasteiger partial charge >= 0.3 is 6.18 Å². The van der Waals surface area contributed by atoms with Gasteiger partial charge in [-0.3, -0.25) is 9.59 Å². The van der Waals surface area contributed by atoms with Crippen LogP contribution in [0.2, 0.25) is 0 Å². The lowest BCUT2D eigenvalue weighted by molar-refractivity contribution is -0.191. The second-order valence-electron chi connectivity index (χ2n) is 4.11. The normalized spacial score (nSPS) is 19.1. The predicted octanol–water partition coefficient (Wildman–Crippen LogP) is 0.412. The molecule has 1 aliphatic heterocycles. The van der Waals surface area contributed by atoms with Crippen molar-refractivity contribution in [2.24, 2.45) is 17.6 Å². The van der Waals surface area contributed by atoms with Gasteiger partial charge in [-0.2, -0.15) is 18.4 Å². The number of likely N-dealkylation sites (tertiary alicyclic amines) is 1. The lowest BCUT2D eigenvalue weighted by atomic mass is 9.97. The topological polar surface area (TPSA) is 87.2 Å². The summed E-state index contributed by atoms with van der Waals surface area (Å²) in [4.78, 5) is 23.3. The van der Waals surface area contributed by atoms with Gasteiger partial charge in [-0.15, -0.1) is 0 Å². The van der Waals surface area contributed by atoms with Crippen molar-refractivity contribution >= 4 is 11.8 Å². The number of nitriles is 1. The Morgan fingerprint density at radius 1 is 1.33 bits per heavy atom. The van der Waals surface area contributed by atoms with E-state index in [1.165, 1.54) is 0 Å². The number of nitrogens with two attached hydrogens (primary N) is 1. The summed E-state index contributed by atoms with van der Waals surface area (Å²) in [5, 5.41) is 8.63. The molecule has 0 radical (unpaired) electrons. The van der Waals surface area contributed by atoms with Crippen LogP contribution in [0.3, 0.4) is 0 Å². The first kappa shape index (κ1) is 14.3. The minimum Gasteiger partial charge on any atom is -0.369 e. The summed E-state index contributed by atoms with van der Waals surface area (Å²) in [7, 11) is 0. The Morgan fingerprint density at radius 2 is 1.83 bits per heavy atom. The molecule has 0 spiro atoms. The molecule has 1 fully saturated rings. The number of rotatable bonds is 2. The molecule has 0 unspecified atom stereocenters. The molecule has 0 aromatic rings. The monoisotopic (exact) mass is 263 g/mol. The van der Waals surface area contributed by atoms with Gasteiger partial charge in [0.1, 0.15) is 0 Å². The summed E-state index contributed by atoms with van der Waals surface area (Å²) < 4.78 is 37.6. The Balaban J connectivity index is 2.75. The highest BCUT2D eigenvalue weighted by atomic mass is 19.4. The average Bonchev–Trinajstić information content (AvgIpc) is 2.26. The Morgan fingerprint density at radius 3 is 2.17 bits per heavy atom. The fraction of sp³-hybridized carbons (Fsp3) is 0.700. The smallest absolute Gasteiger partial charge is 0.369 e. The summed E-state index contributed by atoms with van der Waals surface area (Å²) in [6.07, 6.45) is -4.36. The zero-order chi connectivity index (χ0) is 13.9. The van der Waals surface area contributed by atoms with E-state index >= 15 is 0 Å². The largest absolute Gasteiger partial charge is 0.409 e. The van der Waals surface area contributed by atoms with Crippen LogP contribution >= 0.6 is 0 Å². The zero-order valence-electron chi connectivity index (χ0n) is 9.41. The summed E-state index contributed by atoms with van der Waals surface area (Å²) in [5.41, 5.74) is 4.63. The van der Waals surface area contributed by atoms with Gasteiger partial charge in [0.25, 0.3) is 0 Å². The van der Waals surface area contributed by atoms with E-state index in [1.54, 1.807) is 0 Å². The summed E-state index contributed by atoms with van der Waals surface area (Å²) >= 11 is 0. The molecule has 0 aromatic heterocycles. The quantitative estimate of drug-likeness (QED) is 0.732. The van der Waals surface area contributed by atoms with Gasteiger partial charge in [-0.1, -0.05) is 0 Å². The Bertz CT molecular complexity index is 381. The van der Waals surface area contributed by atoms with E-state index in [2.05, 4.69) is 5.73 Å². The van der Waals surface area contributed by atoms with Gasteiger partial charge in [-0.25, -0.2) is 0 Å². The number of hydrogen-bond donors (Lipinski definition) is 1. The Labute approximate surface area is 101 Å². The van der Waals surface area contributed by atoms with Crippen molar-refractivity contribution < 1.29 is 22.8 Å². The highest BCUT2D eigenvalue weighted by Crippen LogP contribution is 2.29. The number of carbonyl (C=O) groups excluding carboxylic acids is 2. The molecule has 1 aliphatic rings. The lowest BCUT2D eigenvalue weighted by Gasteiger charge is -2.31. The predicted molar refractivity (Wildman–Crippen MR) is 53.7 cm³/mol. The maximum Gasteiger partial charge on any atom is 0.409 e. The van der Waals surface area contributed by atoms with Crippen LogP contribution in [0.15, 0.2) is 0 Å². The molecular weight excluding hydrogens is 251 g/mol. The Hall–Kier alpha value is -1.78. The highest BCUT2D eigenvalue weighted by Gasteiger charge is 2.50. The first-order valence-corrected chi connectivity index (χ1v) is 5.31. The number of amides is 2.